The van der Waals surface area contributed by atoms with Gasteiger partial charge in [0.15, 0.2) is 5.13 Å². The average Bonchev–Trinajstić information content (AvgIpc) is 3.01. The Morgan fingerprint density at radius 1 is 1.30 bits per heavy atom. The lowest BCUT2D eigenvalue weighted by molar-refractivity contribution is 0.413. The van der Waals surface area contributed by atoms with Gasteiger partial charge in [0, 0.05) is 49.1 Å². The van der Waals surface area contributed by atoms with Gasteiger partial charge in [-0.15, -0.1) is 11.3 Å². The molecular weight excluding hydrogens is 268 g/mol. The third-order valence-electron chi connectivity index (χ3n) is 3.75. The minimum Gasteiger partial charge on any atom is -0.348 e. The summed E-state index contributed by atoms with van der Waals surface area (Å²) in [5.74, 6) is 0. The van der Waals surface area contributed by atoms with E-state index in [2.05, 4.69) is 32.3 Å². The highest BCUT2D eigenvalue weighted by atomic mass is 32.1. The van der Waals surface area contributed by atoms with E-state index in [-0.39, 0.29) is 0 Å². The maximum atomic E-state index is 4.38. The van der Waals surface area contributed by atoms with Crippen LogP contribution in [0.3, 0.4) is 0 Å². The van der Waals surface area contributed by atoms with Gasteiger partial charge in [-0.25, -0.2) is 4.98 Å². The zero-order valence-electron chi connectivity index (χ0n) is 11.7. The van der Waals surface area contributed by atoms with E-state index in [9.17, 15) is 0 Å². The summed E-state index contributed by atoms with van der Waals surface area (Å²) in [5.41, 5.74) is 2.34. The number of thiazole rings is 1. The first kappa shape index (κ1) is 13.5. The van der Waals surface area contributed by atoms with Gasteiger partial charge in [0.1, 0.15) is 0 Å². The fourth-order valence-electron chi connectivity index (χ4n) is 2.51. The Hall–Kier alpha value is -1.46. The Labute approximate surface area is 123 Å². The Balaban J connectivity index is 1.45. The molecule has 0 saturated carbocycles. The molecule has 0 atom stereocenters. The van der Waals surface area contributed by atoms with Gasteiger partial charge < -0.3 is 10.2 Å². The summed E-state index contributed by atoms with van der Waals surface area (Å²) < 4.78 is 0. The Bertz CT molecular complexity index is 515. The van der Waals surface area contributed by atoms with Crippen LogP contribution in [0.15, 0.2) is 29.9 Å². The first-order chi connectivity index (χ1) is 9.81. The molecular formula is C15H20N4S. The molecule has 1 fully saturated rings. The van der Waals surface area contributed by atoms with Crippen molar-refractivity contribution in [2.45, 2.75) is 32.4 Å². The van der Waals surface area contributed by atoms with Crippen LogP contribution in [0.2, 0.25) is 0 Å². The Morgan fingerprint density at radius 3 is 2.80 bits per heavy atom. The van der Waals surface area contributed by atoms with E-state index in [1.165, 1.54) is 18.4 Å². The molecule has 2 aromatic heterocycles. The fourth-order valence-corrected chi connectivity index (χ4v) is 3.21. The number of hydrogen-bond donors (Lipinski definition) is 1. The van der Waals surface area contributed by atoms with Crippen LogP contribution >= 0.6 is 11.3 Å². The number of aryl methyl sites for hydroxylation is 1. The molecule has 0 radical (unpaired) electrons. The predicted molar refractivity (Wildman–Crippen MR) is 83.2 cm³/mol. The zero-order valence-corrected chi connectivity index (χ0v) is 12.6. The van der Waals surface area contributed by atoms with E-state index in [4.69, 9.17) is 0 Å². The highest BCUT2D eigenvalue weighted by Crippen LogP contribution is 2.22. The highest BCUT2D eigenvalue weighted by Gasteiger charge is 2.20. The van der Waals surface area contributed by atoms with Crippen molar-refractivity contribution in [3.63, 3.8) is 0 Å². The van der Waals surface area contributed by atoms with E-state index >= 15 is 0 Å². The number of pyridine rings is 1. The smallest absolute Gasteiger partial charge is 0.185 e. The Morgan fingerprint density at radius 2 is 2.15 bits per heavy atom. The molecule has 5 heteroatoms. The van der Waals surface area contributed by atoms with Crippen LogP contribution in [0, 0.1) is 6.92 Å². The standard InChI is InChI=1S/C15H20N4S/c1-12-2-3-13(10-17-12)11-18-14-4-7-19(8-5-14)15-16-6-9-20-15/h2-3,6,9-10,14,18H,4-5,7-8,11H2,1H3. The number of anilines is 1. The second-order valence-corrected chi connectivity index (χ2v) is 6.14. The van der Waals surface area contributed by atoms with Crippen molar-refractivity contribution in [3.05, 3.63) is 41.2 Å². The van der Waals surface area contributed by atoms with Gasteiger partial charge in [-0.1, -0.05) is 6.07 Å². The van der Waals surface area contributed by atoms with Crippen molar-refractivity contribution >= 4 is 16.5 Å². The summed E-state index contributed by atoms with van der Waals surface area (Å²) in [7, 11) is 0. The molecule has 20 heavy (non-hydrogen) atoms. The lowest BCUT2D eigenvalue weighted by Crippen LogP contribution is -2.42. The number of aromatic nitrogens is 2. The second-order valence-electron chi connectivity index (χ2n) is 5.26. The molecule has 0 unspecified atom stereocenters. The van der Waals surface area contributed by atoms with Crippen LogP contribution in [0.5, 0.6) is 0 Å². The molecule has 4 nitrogen and oxygen atoms in total. The molecule has 106 valence electrons. The van der Waals surface area contributed by atoms with Crippen LogP contribution < -0.4 is 10.2 Å². The van der Waals surface area contributed by atoms with E-state index in [0.29, 0.717) is 6.04 Å². The van der Waals surface area contributed by atoms with Gasteiger partial charge in [-0.2, -0.15) is 0 Å². The van der Waals surface area contributed by atoms with Crippen LogP contribution in [-0.2, 0) is 6.54 Å². The molecule has 0 aliphatic carbocycles. The third-order valence-corrected chi connectivity index (χ3v) is 4.58. The van der Waals surface area contributed by atoms with Crippen molar-refractivity contribution in [2.75, 3.05) is 18.0 Å². The normalized spacial score (nSPS) is 16.6. The van der Waals surface area contributed by atoms with Crippen LogP contribution in [0.4, 0.5) is 5.13 Å². The number of rotatable bonds is 4. The summed E-state index contributed by atoms with van der Waals surface area (Å²) >= 11 is 1.73. The number of nitrogens with zero attached hydrogens (tertiary/aromatic N) is 3. The topological polar surface area (TPSA) is 41.0 Å². The monoisotopic (exact) mass is 288 g/mol. The lowest BCUT2D eigenvalue weighted by atomic mass is 10.1. The van der Waals surface area contributed by atoms with Crippen LogP contribution in [-0.4, -0.2) is 29.1 Å². The van der Waals surface area contributed by atoms with Crippen molar-refractivity contribution in [1.29, 1.82) is 0 Å². The van der Waals surface area contributed by atoms with E-state index in [1.807, 2.05) is 24.7 Å². The van der Waals surface area contributed by atoms with E-state index < -0.39 is 0 Å². The SMILES string of the molecule is Cc1ccc(CNC2CCN(c3nccs3)CC2)cn1. The lowest BCUT2D eigenvalue weighted by Gasteiger charge is -2.32. The summed E-state index contributed by atoms with van der Waals surface area (Å²) in [6.07, 6.45) is 6.21. The summed E-state index contributed by atoms with van der Waals surface area (Å²) in [4.78, 5) is 11.1. The van der Waals surface area contributed by atoms with Gasteiger partial charge in [0.05, 0.1) is 0 Å². The molecule has 3 rings (SSSR count). The van der Waals surface area contributed by atoms with Gasteiger partial charge in [-0.3, -0.25) is 4.98 Å². The molecule has 0 amide bonds. The van der Waals surface area contributed by atoms with Gasteiger partial charge in [0.25, 0.3) is 0 Å². The quantitative estimate of drug-likeness (QED) is 0.939. The van der Waals surface area contributed by atoms with E-state index in [1.54, 1.807) is 11.3 Å². The van der Waals surface area contributed by atoms with Crippen LogP contribution in [0.25, 0.3) is 0 Å². The molecule has 2 aromatic rings. The van der Waals surface area contributed by atoms with Crippen molar-refractivity contribution < 1.29 is 0 Å². The molecule has 0 bridgehead atoms. The maximum Gasteiger partial charge on any atom is 0.185 e. The van der Waals surface area contributed by atoms with E-state index in [0.717, 1.165) is 30.5 Å². The average molecular weight is 288 g/mol. The number of piperidine rings is 1. The highest BCUT2D eigenvalue weighted by molar-refractivity contribution is 7.13. The maximum absolute atomic E-state index is 4.38. The largest absolute Gasteiger partial charge is 0.348 e. The van der Waals surface area contributed by atoms with Crippen LogP contribution in [0.1, 0.15) is 24.1 Å². The van der Waals surface area contributed by atoms with Crippen molar-refractivity contribution in [1.82, 2.24) is 15.3 Å². The Kier molecular flexibility index (Phi) is 4.28. The fraction of sp³-hybridized carbons (Fsp3) is 0.467. The summed E-state index contributed by atoms with van der Waals surface area (Å²) in [6, 6.07) is 4.83. The predicted octanol–water partition coefficient (Wildman–Crippen LogP) is 2.61. The van der Waals surface area contributed by atoms with Crippen molar-refractivity contribution in [3.8, 4) is 0 Å². The first-order valence-corrected chi connectivity index (χ1v) is 7.98. The molecule has 0 spiro atoms. The number of nitrogens with one attached hydrogen (secondary N) is 1. The molecule has 0 aromatic carbocycles. The molecule has 1 aliphatic heterocycles. The molecule has 1 saturated heterocycles. The zero-order chi connectivity index (χ0) is 13.8. The first-order valence-electron chi connectivity index (χ1n) is 7.10. The third kappa shape index (κ3) is 3.35. The van der Waals surface area contributed by atoms with Gasteiger partial charge in [-0.05, 0) is 31.4 Å². The van der Waals surface area contributed by atoms with Gasteiger partial charge >= 0.3 is 0 Å². The van der Waals surface area contributed by atoms with Crippen molar-refractivity contribution in [2.24, 2.45) is 0 Å². The molecule has 1 aliphatic rings. The second kappa shape index (κ2) is 6.33. The summed E-state index contributed by atoms with van der Waals surface area (Å²) in [6.45, 7) is 5.12. The van der Waals surface area contributed by atoms with Gasteiger partial charge in [0.2, 0.25) is 0 Å². The molecule has 3 heterocycles. The molecule has 1 N–H and O–H groups in total. The minimum atomic E-state index is 0.604. The number of hydrogen-bond acceptors (Lipinski definition) is 5. The summed E-state index contributed by atoms with van der Waals surface area (Å²) in [5, 5.41) is 6.84. The minimum absolute atomic E-state index is 0.604.